The van der Waals surface area contributed by atoms with Crippen LogP contribution in [0.25, 0.3) is 0 Å². The van der Waals surface area contributed by atoms with Gasteiger partial charge in [0.15, 0.2) is 9.84 Å². The number of Topliss-reactive ketones (excluding diaryl/α,β-unsaturated/α-hetero) is 1. The summed E-state index contributed by atoms with van der Waals surface area (Å²) < 4.78 is 22.2. The molecule has 1 fully saturated rings. The van der Waals surface area contributed by atoms with Crippen molar-refractivity contribution in [2.45, 2.75) is 26.2 Å². The predicted octanol–water partition coefficient (Wildman–Crippen LogP) is 0.794. The lowest BCUT2D eigenvalue weighted by atomic mass is 10.0. The largest absolute Gasteiger partial charge is 0.299 e. The van der Waals surface area contributed by atoms with E-state index in [0.717, 1.165) is 0 Å². The van der Waals surface area contributed by atoms with Gasteiger partial charge in [0.2, 0.25) is 0 Å². The van der Waals surface area contributed by atoms with E-state index in [9.17, 15) is 13.2 Å². The van der Waals surface area contributed by atoms with Gasteiger partial charge in [-0.05, 0) is 13.3 Å². The van der Waals surface area contributed by atoms with Gasteiger partial charge in [-0.15, -0.1) is 11.8 Å². The molecule has 1 heterocycles. The van der Waals surface area contributed by atoms with Gasteiger partial charge in [-0.25, -0.2) is 8.42 Å². The molecule has 0 saturated carbocycles. The minimum Gasteiger partial charge on any atom is -0.299 e. The van der Waals surface area contributed by atoms with Gasteiger partial charge in [-0.2, -0.15) is 0 Å². The number of carbonyl (C=O) groups excluding carboxylic acids is 1. The Hall–Kier alpha value is -0.820. The van der Waals surface area contributed by atoms with Crippen LogP contribution in [0.2, 0.25) is 0 Å². The van der Waals surface area contributed by atoms with E-state index in [4.69, 9.17) is 0 Å². The van der Waals surface area contributed by atoms with Gasteiger partial charge in [0.1, 0.15) is 5.78 Å². The van der Waals surface area contributed by atoms with Crippen LogP contribution in [0.4, 0.5) is 0 Å². The molecule has 1 saturated heterocycles. The van der Waals surface area contributed by atoms with Gasteiger partial charge >= 0.3 is 0 Å². The summed E-state index contributed by atoms with van der Waals surface area (Å²) in [6.45, 7) is 1.73. The van der Waals surface area contributed by atoms with E-state index in [2.05, 4.69) is 11.8 Å². The maximum atomic E-state index is 11.5. The van der Waals surface area contributed by atoms with Crippen LogP contribution in [0.5, 0.6) is 0 Å². The molecular formula is C10H14O3S. The van der Waals surface area contributed by atoms with Gasteiger partial charge in [0.05, 0.1) is 11.5 Å². The molecule has 14 heavy (non-hydrogen) atoms. The van der Waals surface area contributed by atoms with Crippen molar-refractivity contribution in [3.63, 3.8) is 0 Å². The van der Waals surface area contributed by atoms with Crippen molar-refractivity contribution in [2.75, 3.05) is 11.5 Å². The number of sulfone groups is 1. The molecule has 1 rings (SSSR count). The lowest BCUT2D eigenvalue weighted by Crippen LogP contribution is -2.15. The molecule has 78 valence electrons. The number of ketones is 1. The first-order chi connectivity index (χ1) is 6.55. The minimum absolute atomic E-state index is 0.0470. The molecule has 0 bridgehead atoms. The number of carbonyl (C=O) groups is 1. The lowest BCUT2D eigenvalue weighted by Gasteiger charge is -2.03. The zero-order valence-electron chi connectivity index (χ0n) is 8.25. The highest BCUT2D eigenvalue weighted by Gasteiger charge is 2.31. The smallest absolute Gasteiger partial charge is 0.151 e. The second-order valence-corrected chi connectivity index (χ2v) is 5.72. The molecule has 0 spiro atoms. The first-order valence-electron chi connectivity index (χ1n) is 4.68. The highest BCUT2D eigenvalue weighted by molar-refractivity contribution is 7.91. The average molecular weight is 214 g/mol. The molecule has 0 N–H and O–H groups in total. The zero-order valence-corrected chi connectivity index (χ0v) is 9.06. The Balaban J connectivity index is 2.43. The molecule has 1 atom stereocenters. The SMILES string of the molecule is CC#CCCC(=O)C1CCS(=O)(=O)C1. The Bertz CT molecular complexity index is 370. The third kappa shape index (κ3) is 3.15. The first kappa shape index (κ1) is 11.3. The van der Waals surface area contributed by atoms with Crippen molar-refractivity contribution >= 4 is 15.6 Å². The highest BCUT2D eigenvalue weighted by Crippen LogP contribution is 2.20. The second kappa shape index (κ2) is 4.61. The molecule has 1 unspecified atom stereocenters. The van der Waals surface area contributed by atoms with Crippen molar-refractivity contribution in [3.05, 3.63) is 0 Å². The minimum atomic E-state index is -2.93. The monoisotopic (exact) mass is 214 g/mol. The molecule has 0 aromatic heterocycles. The van der Waals surface area contributed by atoms with Gasteiger partial charge < -0.3 is 0 Å². The van der Waals surface area contributed by atoms with Gasteiger partial charge in [0.25, 0.3) is 0 Å². The Morgan fingerprint density at radius 3 is 2.71 bits per heavy atom. The molecule has 0 radical (unpaired) electrons. The van der Waals surface area contributed by atoms with E-state index in [1.54, 1.807) is 6.92 Å². The summed E-state index contributed by atoms with van der Waals surface area (Å²) in [4.78, 5) is 11.5. The standard InChI is InChI=1S/C10H14O3S/c1-2-3-4-5-10(11)9-6-7-14(12,13)8-9/h9H,4-8H2,1H3. The van der Waals surface area contributed by atoms with E-state index < -0.39 is 9.84 Å². The Labute approximate surface area is 84.8 Å². The zero-order chi connectivity index (χ0) is 10.6. The number of hydrogen-bond acceptors (Lipinski definition) is 3. The van der Waals surface area contributed by atoms with Gasteiger partial charge in [-0.3, -0.25) is 4.79 Å². The van der Waals surface area contributed by atoms with E-state index in [1.807, 2.05) is 0 Å². The molecule has 4 heteroatoms. The molecule has 1 aliphatic rings. The predicted molar refractivity (Wildman–Crippen MR) is 54.5 cm³/mol. The maximum absolute atomic E-state index is 11.5. The highest BCUT2D eigenvalue weighted by atomic mass is 32.2. The summed E-state index contributed by atoms with van der Waals surface area (Å²) in [6.07, 6.45) is 1.44. The van der Waals surface area contributed by atoms with Crippen LogP contribution in [0.1, 0.15) is 26.2 Å². The van der Waals surface area contributed by atoms with Crippen LogP contribution in [0, 0.1) is 17.8 Å². The van der Waals surface area contributed by atoms with Crippen molar-refractivity contribution in [1.29, 1.82) is 0 Å². The molecule has 3 nitrogen and oxygen atoms in total. The maximum Gasteiger partial charge on any atom is 0.151 e. The van der Waals surface area contributed by atoms with Crippen LogP contribution < -0.4 is 0 Å². The Kier molecular flexibility index (Phi) is 3.70. The van der Waals surface area contributed by atoms with Crippen LogP contribution >= 0.6 is 0 Å². The Morgan fingerprint density at radius 1 is 1.50 bits per heavy atom. The summed E-state index contributed by atoms with van der Waals surface area (Å²) in [6, 6.07) is 0. The van der Waals surface area contributed by atoms with E-state index >= 15 is 0 Å². The van der Waals surface area contributed by atoms with Crippen LogP contribution in [0.3, 0.4) is 0 Å². The third-order valence-electron chi connectivity index (χ3n) is 2.36. The molecular weight excluding hydrogens is 200 g/mol. The summed E-state index contributed by atoms with van der Waals surface area (Å²) in [5.74, 6) is 5.51. The number of hydrogen-bond donors (Lipinski definition) is 0. The van der Waals surface area contributed by atoms with Crippen LogP contribution in [-0.2, 0) is 14.6 Å². The first-order valence-corrected chi connectivity index (χ1v) is 6.50. The molecule has 0 aromatic carbocycles. The molecule has 0 aromatic rings. The lowest BCUT2D eigenvalue weighted by molar-refractivity contribution is -0.122. The molecule has 1 aliphatic heterocycles. The molecule has 0 amide bonds. The van der Waals surface area contributed by atoms with Crippen LogP contribution in [-0.4, -0.2) is 25.7 Å². The quantitative estimate of drug-likeness (QED) is 0.653. The fourth-order valence-corrected chi connectivity index (χ4v) is 3.34. The van der Waals surface area contributed by atoms with E-state index in [1.165, 1.54) is 0 Å². The number of rotatable bonds is 3. The topological polar surface area (TPSA) is 51.2 Å². The summed E-state index contributed by atoms with van der Waals surface area (Å²) >= 11 is 0. The molecule has 0 aliphatic carbocycles. The third-order valence-corrected chi connectivity index (χ3v) is 4.13. The normalized spacial score (nSPS) is 23.9. The Morgan fingerprint density at radius 2 is 2.21 bits per heavy atom. The van der Waals surface area contributed by atoms with E-state index in [0.29, 0.717) is 19.3 Å². The van der Waals surface area contributed by atoms with Gasteiger partial charge in [-0.1, -0.05) is 0 Å². The van der Waals surface area contributed by atoms with Crippen molar-refractivity contribution in [1.82, 2.24) is 0 Å². The summed E-state index contributed by atoms with van der Waals surface area (Å²) in [7, 11) is -2.93. The second-order valence-electron chi connectivity index (χ2n) is 3.49. The van der Waals surface area contributed by atoms with Crippen molar-refractivity contribution in [2.24, 2.45) is 5.92 Å². The van der Waals surface area contributed by atoms with Gasteiger partial charge in [0, 0.05) is 18.8 Å². The van der Waals surface area contributed by atoms with Crippen molar-refractivity contribution < 1.29 is 13.2 Å². The fourth-order valence-electron chi connectivity index (χ4n) is 1.56. The van der Waals surface area contributed by atoms with E-state index in [-0.39, 0.29) is 23.2 Å². The summed E-state index contributed by atoms with van der Waals surface area (Å²) in [5.41, 5.74) is 0. The van der Waals surface area contributed by atoms with Crippen molar-refractivity contribution in [3.8, 4) is 11.8 Å². The average Bonchev–Trinajstić information content (AvgIpc) is 2.46. The fraction of sp³-hybridized carbons (Fsp3) is 0.700. The van der Waals surface area contributed by atoms with Crippen LogP contribution in [0.15, 0.2) is 0 Å². The summed E-state index contributed by atoms with van der Waals surface area (Å²) in [5, 5.41) is 0.